The lowest BCUT2D eigenvalue weighted by Crippen LogP contribution is -2.51. The van der Waals surface area contributed by atoms with Gasteiger partial charge in [0.2, 0.25) is 15.9 Å². The molecule has 4 rings (SSSR count). The number of benzene rings is 1. The highest BCUT2D eigenvalue weighted by molar-refractivity contribution is 7.89. The van der Waals surface area contributed by atoms with Gasteiger partial charge >= 0.3 is 6.18 Å². The quantitative estimate of drug-likeness (QED) is 0.556. The normalized spacial score (nSPS) is 15.8. The first-order valence-corrected chi connectivity index (χ1v) is 12.1. The first-order chi connectivity index (χ1) is 15.9. The molecule has 1 fully saturated rings. The molecule has 1 amide bonds. The summed E-state index contributed by atoms with van der Waals surface area (Å²) in [7, 11) is -3.67. The predicted octanol–water partition coefficient (Wildman–Crippen LogP) is 2.91. The maximum atomic E-state index is 13.5. The summed E-state index contributed by atoms with van der Waals surface area (Å²) in [5, 5.41) is 4.02. The maximum Gasteiger partial charge on any atom is 0.417 e. The standard InChI is InChI=1S/C22H24F3N5O3S/c1-14-4-6-17(7-5-14)34(32,33)29-10-8-28(9-11-29)19(31)13-30-21-20(16(3)27-30)18(22(23,24)25)12-15(2)26-21/h4-7,12H,8-11,13H2,1-3H3. The van der Waals surface area contributed by atoms with Crippen LogP contribution in [0.5, 0.6) is 0 Å². The number of fused-ring (bicyclic) bond motifs is 1. The fourth-order valence-electron chi connectivity index (χ4n) is 4.08. The number of hydrogen-bond acceptors (Lipinski definition) is 5. The summed E-state index contributed by atoms with van der Waals surface area (Å²) in [6.45, 7) is 5.06. The molecular formula is C22H24F3N5O3S. The van der Waals surface area contributed by atoms with E-state index < -0.39 is 21.8 Å². The molecule has 0 bridgehead atoms. The van der Waals surface area contributed by atoms with Gasteiger partial charge in [-0.25, -0.2) is 18.1 Å². The number of piperazine rings is 1. The van der Waals surface area contributed by atoms with Gasteiger partial charge < -0.3 is 4.90 Å². The van der Waals surface area contributed by atoms with Gasteiger partial charge in [-0.1, -0.05) is 17.7 Å². The Morgan fingerprint density at radius 1 is 1.03 bits per heavy atom. The predicted molar refractivity (Wildman–Crippen MR) is 119 cm³/mol. The molecule has 0 aliphatic carbocycles. The van der Waals surface area contributed by atoms with Crippen LogP contribution in [0.15, 0.2) is 35.2 Å². The number of aryl methyl sites for hydroxylation is 3. The number of carbonyl (C=O) groups excluding carboxylic acids is 1. The Labute approximate surface area is 195 Å². The molecular weight excluding hydrogens is 471 g/mol. The van der Waals surface area contributed by atoms with Crippen molar-refractivity contribution in [2.24, 2.45) is 0 Å². The molecule has 0 saturated carbocycles. The maximum absolute atomic E-state index is 13.5. The summed E-state index contributed by atoms with van der Waals surface area (Å²) in [6.07, 6.45) is -4.58. The van der Waals surface area contributed by atoms with Crippen LogP contribution in [-0.4, -0.2) is 64.5 Å². The van der Waals surface area contributed by atoms with Crippen LogP contribution in [0.1, 0.15) is 22.5 Å². The van der Waals surface area contributed by atoms with Crippen molar-refractivity contribution in [1.29, 1.82) is 0 Å². The van der Waals surface area contributed by atoms with Crippen molar-refractivity contribution >= 4 is 27.0 Å². The summed E-state index contributed by atoms with van der Waals surface area (Å²) >= 11 is 0. The zero-order valence-corrected chi connectivity index (χ0v) is 19.7. The van der Waals surface area contributed by atoms with Crippen LogP contribution in [0.2, 0.25) is 0 Å². The van der Waals surface area contributed by atoms with Gasteiger partial charge in [-0.2, -0.15) is 22.6 Å². The second-order valence-corrected chi connectivity index (χ2v) is 10.3. The van der Waals surface area contributed by atoms with E-state index in [1.54, 1.807) is 24.3 Å². The molecule has 0 radical (unpaired) electrons. The number of alkyl halides is 3. The molecule has 1 aromatic carbocycles. The fourth-order valence-corrected chi connectivity index (χ4v) is 5.50. The summed E-state index contributed by atoms with van der Waals surface area (Å²) in [6, 6.07) is 7.53. The van der Waals surface area contributed by atoms with Gasteiger partial charge in [-0.05, 0) is 39.0 Å². The van der Waals surface area contributed by atoms with Crippen molar-refractivity contribution in [1.82, 2.24) is 24.0 Å². The van der Waals surface area contributed by atoms with E-state index in [0.717, 1.165) is 11.6 Å². The van der Waals surface area contributed by atoms with E-state index in [1.807, 2.05) is 6.92 Å². The Bertz CT molecular complexity index is 1340. The van der Waals surface area contributed by atoms with Crippen LogP contribution in [0.3, 0.4) is 0 Å². The number of rotatable bonds is 4. The second kappa shape index (κ2) is 8.66. The van der Waals surface area contributed by atoms with Crippen molar-refractivity contribution in [2.45, 2.75) is 38.4 Å². The van der Waals surface area contributed by atoms with Crippen molar-refractivity contribution in [3.05, 3.63) is 52.8 Å². The zero-order chi connectivity index (χ0) is 24.8. The van der Waals surface area contributed by atoms with Gasteiger partial charge in [0, 0.05) is 31.9 Å². The zero-order valence-electron chi connectivity index (χ0n) is 18.9. The van der Waals surface area contributed by atoms with Crippen LogP contribution in [0.25, 0.3) is 11.0 Å². The Hall–Kier alpha value is -2.99. The minimum Gasteiger partial charge on any atom is -0.338 e. The van der Waals surface area contributed by atoms with E-state index >= 15 is 0 Å². The monoisotopic (exact) mass is 495 g/mol. The summed E-state index contributed by atoms with van der Waals surface area (Å²) in [4.78, 5) is 18.8. The molecule has 0 atom stereocenters. The second-order valence-electron chi connectivity index (χ2n) is 8.35. The van der Waals surface area contributed by atoms with Crippen LogP contribution in [0.4, 0.5) is 13.2 Å². The van der Waals surface area contributed by atoms with Crippen LogP contribution < -0.4 is 0 Å². The van der Waals surface area contributed by atoms with E-state index in [2.05, 4.69) is 10.1 Å². The molecule has 3 heterocycles. The molecule has 0 N–H and O–H groups in total. The third kappa shape index (κ3) is 4.51. The molecule has 2 aromatic heterocycles. The van der Waals surface area contributed by atoms with Gasteiger partial charge in [-0.3, -0.25) is 4.79 Å². The molecule has 3 aromatic rings. The average molecular weight is 496 g/mol. The van der Waals surface area contributed by atoms with Gasteiger partial charge in [0.05, 0.1) is 21.5 Å². The minimum atomic E-state index is -4.58. The van der Waals surface area contributed by atoms with E-state index in [9.17, 15) is 26.4 Å². The Kier molecular flexibility index (Phi) is 6.15. The highest BCUT2D eigenvalue weighted by Gasteiger charge is 2.36. The molecule has 0 spiro atoms. The molecule has 8 nitrogen and oxygen atoms in total. The number of amides is 1. The number of sulfonamides is 1. The van der Waals surface area contributed by atoms with Crippen molar-refractivity contribution in [3.8, 4) is 0 Å². The average Bonchev–Trinajstić information content (AvgIpc) is 3.07. The number of halogens is 3. The Balaban J connectivity index is 1.50. The van der Waals surface area contributed by atoms with Crippen LogP contribution in [0, 0.1) is 20.8 Å². The summed E-state index contributed by atoms with van der Waals surface area (Å²) in [5.74, 6) is -0.367. The number of aromatic nitrogens is 3. The minimum absolute atomic E-state index is 0.00115. The Morgan fingerprint density at radius 3 is 2.24 bits per heavy atom. The molecule has 182 valence electrons. The van der Waals surface area contributed by atoms with E-state index in [-0.39, 0.29) is 65.9 Å². The molecule has 1 saturated heterocycles. The first kappa shape index (κ1) is 24.1. The third-order valence-electron chi connectivity index (χ3n) is 5.85. The fraction of sp³-hybridized carbons (Fsp3) is 0.409. The van der Waals surface area contributed by atoms with Gasteiger partial charge in [0.1, 0.15) is 6.54 Å². The van der Waals surface area contributed by atoms with Gasteiger partial charge in [0.25, 0.3) is 0 Å². The summed E-state index contributed by atoms with van der Waals surface area (Å²) < 4.78 is 68.8. The SMILES string of the molecule is Cc1ccc(S(=O)(=O)N2CCN(C(=O)Cn3nc(C)c4c(C(F)(F)F)cc(C)nc43)CC2)cc1. The highest BCUT2D eigenvalue weighted by atomic mass is 32.2. The lowest BCUT2D eigenvalue weighted by molar-refractivity contribution is -0.136. The lowest BCUT2D eigenvalue weighted by Gasteiger charge is -2.34. The largest absolute Gasteiger partial charge is 0.417 e. The topological polar surface area (TPSA) is 88.4 Å². The number of pyridine rings is 1. The third-order valence-corrected chi connectivity index (χ3v) is 7.76. The number of carbonyl (C=O) groups is 1. The van der Waals surface area contributed by atoms with Crippen LogP contribution >= 0.6 is 0 Å². The van der Waals surface area contributed by atoms with Gasteiger partial charge in [0.15, 0.2) is 5.65 Å². The molecule has 1 aliphatic rings. The highest BCUT2D eigenvalue weighted by Crippen LogP contribution is 2.36. The smallest absolute Gasteiger partial charge is 0.338 e. The molecule has 1 aliphatic heterocycles. The van der Waals surface area contributed by atoms with E-state index in [4.69, 9.17) is 0 Å². The number of nitrogens with zero attached hydrogens (tertiary/aromatic N) is 5. The van der Waals surface area contributed by atoms with Crippen molar-refractivity contribution in [2.75, 3.05) is 26.2 Å². The summed E-state index contributed by atoms with van der Waals surface area (Å²) in [5.41, 5.74) is 0.419. The van der Waals surface area contributed by atoms with E-state index in [0.29, 0.717) is 0 Å². The molecule has 12 heteroatoms. The van der Waals surface area contributed by atoms with Crippen molar-refractivity contribution < 1.29 is 26.4 Å². The Morgan fingerprint density at radius 2 is 1.65 bits per heavy atom. The lowest BCUT2D eigenvalue weighted by atomic mass is 10.1. The number of hydrogen-bond donors (Lipinski definition) is 0. The van der Waals surface area contributed by atoms with E-state index in [1.165, 1.54) is 27.7 Å². The van der Waals surface area contributed by atoms with Gasteiger partial charge in [-0.15, -0.1) is 0 Å². The molecule has 0 unspecified atom stereocenters. The first-order valence-electron chi connectivity index (χ1n) is 10.6. The van der Waals surface area contributed by atoms with Crippen molar-refractivity contribution in [3.63, 3.8) is 0 Å². The van der Waals surface area contributed by atoms with Crippen LogP contribution in [-0.2, 0) is 27.5 Å². The molecule has 34 heavy (non-hydrogen) atoms.